The first-order valence-electron chi connectivity index (χ1n) is 9.61. The summed E-state index contributed by atoms with van der Waals surface area (Å²) in [6.07, 6.45) is 0. The van der Waals surface area contributed by atoms with E-state index >= 15 is 0 Å². The van der Waals surface area contributed by atoms with E-state index in [1.807, 2.05) is 61.5 Å². The number of amides is 2. The maximum absolute atomic E-state index is 12.9. The number of anilines is 2. The van der Waals surface area contributed by atoms with E-state index in [2.05, 4.69) is 10.6 Å². The minimum Gasteiger partial charge on any atom is -0.454 e. The Bertz CT molecular complexity index is 1320. The van der Waals surface area contributed by atoms with Crippen molar-refractivity contribution in [3.05, 3.63) is 95.6 Å². The van der Waals surface area contributed by atoms with E-state index in [4.69, 9.17) is 4.74 Å². The van der Waals surface area contributed by atoms with E-state index in [9.17, 15) is 9.59 Å². The molecule has 0 unspecified atom stereocenters. The second kappa shape index (κ2) is 7.04. The van der Waals surface area contributed by atoms with Crippen molar-refractivity contribution in [1.82, 2.24) is 0 Å². The fourth-order valence-corrected chi connectivity index (χ4v) is 3.63. The SMILES string of the molecule is Cc1ccc2c(c1)NC(=O)c1cc(NC(=O)c3cccc4ccccc34)ccc1O2. The molecule has 2 amide bonds. The molecule has 2 N–H and O–H groups in total. The number of hydrogen-bond acceptors (Lipinski definition) is 3. The number of aryl methyl sites for hydroxylation is 1. The van der Waals surface area contributed by atoms with Crippen molar-refractivity contribution in [2.75, 3.05) is 10.6 Å². The van der Waals surface area contributed by atoms with Gasteiger partial charge in [0.05, 0.1) is 11.3 Å². The van der Waals surface area contributed by atoms with E-state index in [-0.39, 0.29) is 11.8 Å². The molecule has 5 nitrogen and oxygen atoms in total. The third kappa shape index (κ3) is 3.16. The standard InChI is InChI=1S/C25H18N2O3/c1-15-9-11-23-21(13-15)27-25(29)20-14-17(10-12-22(20)30-23)26-24(28)19-8-4-6-16-5-2-3-7-18(16)19/h2-14H,1H3,(H,26,28)(H,27,29). The highest BCUT2D eigenvalue weighted by Crippen LogP contribution is 2.37. The lowest BCUT2D eigenvalue weighted by Gasteiger charge is -2.11. The maximum atomic E-state index is 12.9. The Hall–Kier alpha value is -4.12. The summed E-state index contributed by atoms with van der Waals surface area (Å²) in [4.78, 5) is 25.7. The number of carbonyl (C=O) groups excluding carboxylic acids is 2. The van der Waals surface area contributed by atoms with Gasteiger partial charge in [0.1, 0.15) is 5.75 Å². The number of benzene rings is 4. The fourth-order valence-electron chi connectivity index (χ4n) is 3.63. The van der Waals surface area contributed by atoms with Gasteiger partial charge < -0.3 is 15.4 Å². The number of ether oxygens (including phenoxy) is 1. The van der Waals surface area contributed by atoms with Crippen LogP contribution in [0.2, 0.25) is 0 Å². The second-order valence-electron chi connectivity index (χ2n) is 7.25. The highest BCUT2D eigenvalue weighted by atomic mass is 16.5. The zero-order valence-corrected chi connectivity index (χ0v) is 16.2. The Balaban J connectivity index is 1.46. The van der Waals surface area contributed by atoms with Crippen molar-refractivity contribution in [2.45, 2.75) is 6.92 Å². The van der Waals surface area contributed by atoms with Crippen LogP contribution in [0.25, 0.3) is 10.8 Å². The molecule has 0 saturated heterocycles. The van der Waals surface area contributed by atoms with Crippen molar-refractivity contribution in [2.24, 2.45) is 0 Å². The van der Waals surface area contributed by atoms with Crippen LogP contribution < -0.4 is 15.4 Å². The van der Waals surface area contributed by atoms with Crippen LogP contribution in [0.5, 0.6) is 11.5 Å². The van der Waals surface area contributed by atoms with Gasteiger partial charge in [-0.1, -0.05) is 42.5 Å². The predicted octanol–water partition coefficient (Wildman–Crippen LogP) is 5.76. The van der Waals surface area contributed by atoms with Gasteiger partial charge in [0, 0.05) is 11.3 Å². The molecule has 0 bridgehead atoms. The molecule has 4 aromatic carbocycles. The van der Waals surface area contributed by atoms with E-state index < -0.39 is 0 Å². The quantitative estimate of drug-likeness (QED) is 0.454. The van der Waals surface area contributed by atoms with Crippen molar-refractivity contribution in [3.63, 3.8) is 0 Å². The third-order valence-corrected chi connectivity index (χ3v) is 5.12. The summed E-state index contributed by atoms with van der Waals surface area (Å²) in [6, 6.07) is 24.0. The maximum Gasteiger partial charge on any atom is 0.259 e. The van der Waals surface area contributed by atoms with Gasteiger partial charge >= 0.3 is 0 Å². The molecule has 0 aliphatic carbocycles. The minimum absolute atomic E-state index is 0.236. The lowest BCUT2D eigenvalue weighted by Crippen LogP contribution is -2.14. The van der Waals surface area contributed by atoms with Crippen LogP contribution in [0.3, 0.4) is 0 Å². The summed E-state index contributed by atoms with van der Waals surface area (Å²) >= 11 is 0. The Labute approximate surface area is 173 Å². The molecular weight excluding hydrogens is 376 g/mol. The molecule has 0 saturated carbocycles. The average Bonchev–Trinajstić information content (AvgIpc) is 2.89. The monoisotopic (exact) mass is 394 g/mol. The molecule has 30 heavy (non-hydrogen) atoms. The summed E-state index contributed by atoms with van der Waals surface area (Å²) in [6.45, 7) is 1.95. The van der Waals surface area contributed by atoms with Crippen LogP contribution in [0, 0.1) is 6.92 Å². The lowest BCUT2D eigenvalue weighted by molar-refractivity contribution is 0.101. The Morgan fingerprint density at radius 3 is 2.60 bits per heavy atom. The summed E-state index contributed by atoms with van der Waals surface area (Å²) in [5.41, 5.74) is 3.10. The summed E-state index contributed by atoms with van der Waals surface area (Å²) < 4.78 is 5.93. The Morgan fingerprint density at radius 1 is 0.900 bits per heavy atom. The Kier molecular flexibility index (Phi) is 4.21. The molecule has 0 atom stereocenters. The van der Waals surface area contributed by atoms with Gasteiger partial charge in [-0.15, -0.1) is 0 Å². The van der Waals surface area contributed by atoms with E-state index in [0.29, 0.717) is 34.0 Å². The van der Waals surface area contributed by atoms with E-state index in [1.165, 1.54) is 0 Å². The second-order valence-corrected chi connectivity index (χ2v) is 7.25. The number of nitrogens with one attached hydrogen (secondary N) is 2. The summed E-state index contributed by atoms with van der Waals surface area (Å²) in [7, 11) is 0. The summed E-state index contributed by atoms with van der Waals surface area (Å²) in [5.74, 6) is 0.509. The highest BCUT2D eigenvalue weighted by molar-refractivity contribution is 6.14. The first-order chi connectivity index (χ1) is 14.6. The topological polar surface area (TPSA) is 67.4 Å². The minimum atomic E-state index is -0.282. The molecule has 5 rings (SSSR count). The summed E-state index contributed by atoms with van der Waals surface area (Å²) in [5, 5.41) is 7.64. The van der Waals surface area contributed by atoms with Crippen LogP contribution in [-0.2, 0) is 0 Å². The van der Waals surface area contributed by atoms with Gasteiger partial charge in [0.15, 0.2) is 5.75 Å². The lowest BCUT2D eigenvalue weighted by atomic mass is 10.0. The molecule has 0 fully saturated rings. The van der Waals surface area contributed by atoms with Crippen LogP contribution in [0.1, 0.15) is 26.3 Å². The van der Waals surface area contributed by atoms with Crippen molar-refractivity contribution in [3.8, 4) is 11.5 Å². The van der Waals surface area contributed by atoms with E-state index in [0.717, 1.165) is 16.3 Å². The number of rotatable bonds is 2. The average molecular weight is 394 g/mol. The molecule has 146 valence electrons. The predicted molar refractivity (Wildman–Crippen MR) is 118 cm³/mol. The zero-order valence-electron chi connectivity index (χ0n) is 16.2. The van der Waals surface area contributed by atoms with Crippen LogP contribution in [0.15, 0.2) is 78.9 Å². The van der Waals surface area contributed by atoms with Gasteiger partial charge in [-0.25, -0.2) is 0 Å². The van der Waals surface area contributed by atoms with Crippen LogP contribution >= 0.6 is 0 Å². The molecule has 1 aliphatic rings. The molecule has 1 aliphatic heterocycles. The van der Waals surface area contributed by atoms with Crippen molar-refractivity contribution in [1.29, 1.82) is 0 Å². The fraction of sp³-hybridized carbons (Fsp3) is 0.0400. The molecule has 0 aromatic heterocycles. The van der Waals surface area contributed by atoms with Gasteiger partial charge in [-0.05, 0) is 59.7 Å². The molecule has 4 aromatic rings. The van der Waals surface area contributed by atoms with Crippen LogP contribution in [0.4, 0.5) is 11.4 Å². The highest BCUT2D eigenvalue weighted by Gasteiger charge is 2.22. The Morgan fingerprint density at radius 2 is 1.70 bits per heavy atom. The zero-order chi connectivity index (χ0) is 20.7. The third-order valence-electron chi connectivity index (χ3n) is 5.12. The first-order valence-corrected chi connectivity index (χ1v) is 9.61. The normalized spacial score (nSPS) is 12.2. The van der Waals surface area contributed by atoms with Gasteiger partial charge in [-0.2, -0.15) is 0 Å². The number of fused-ring (bicyclic) bond motifs is 3. The molecular formula is C25H18N2O3. The molecule has 1 heterocycles. The van der Waals surface area contributed by atoms with Gasteiger partial charge in [-0.3, -0.25) is 9.59 Å². The number of hydrogen-bond donors (Lipinski definition) is 2. The van der Waals surface area contributed by atoms with Crippen molar-refractivity contribution < 1.29 is 14.3 Å². The van der Waals surface area contributed by atoms with Gasteiger partial charge in [0.2, 0.25) is 0 Å². The smallest absolute Gasteiger partial charge is 0.259 e. The van der Waals surface area contributed by atoms with E-state index in [1.54, 1.807) is 24.3 Å². The van der Waals surface area contributed by atoms with Crippen molar-refractivity contribution >= 4 is 34.0 Å². The number of carbonyl (C=O) groups is 2. The van der Waals surface area contributed by atoms with Crippen LogP contribution in [-0.4, -0.2) is 11.8 Å². The largest absolute Gasteiger partial charge is 0.454 e. The molecule has 0 radical (unpaired) electrons. The molecule has 0 spiro atoms. The first kappa shape index (κ1) is 17.9. The van der Waals surface area contributed by atoms with Gasteiger partial charge in [0.25, 0.3) is 11.8 Å². The molecule has 5 heteroatoms.